The molecule has 190 valence electrons. The summed E-state index contributed by atoms with van der Waals surface area (Å²) in [5.74, 6) is 0.160. The van der Waals surface area contributed by atoms with Crippen molar-refractivity contribution in [2.75, 3.05) is 19.6 Å². The summed E-state index contributed by atoms with van der Waals surface area (Å²) in [5, 5.41) is 7.27. The Morgan fingerprint density at radius 1 is 0.972 bits per heavy atom. The fourth-order valence-corrected chi connectivity index (χ4v) is 5.43. The molecular formula is C27H30F3N5O. The Morgan fingerprint density at radius 3 is 2.39 bits per heavy atom. The number of benzene rings is 1. The Hall–Kier alpha value is -3.20. The standard InChI is InChI=1S/C27H30F3N5O/c28-27(29,30)22-6-4-20(5-7-22)23-17-32-33-25(23)24-3-1-2-14-35(24)26(36)21-10-15-34(16-11-21)18-19-8-12-31-13-9-19/h4-9,12-13,17,21,24H,1-3,10-11,14-16,18H2,(H,32,33). The van der Waals surface area contributed by atoms with E-state index >= 15 is 0 Å². The number of hydrogen-bond acceptors (Lipinski definition) is 4. The highest BCUT2D eigenvalue weighted by Gasteiger charge is 2.36. The Labute approximate surface area is 208 Å². The lowest BCUT2D eigenvalue weighted by Crippen LogP contribution is -2.45. The minimum Gasteiger partial charge on any atom is -0.334 e. The first-order chi connectivity index (χ1) is 17.4. The molecule has 1 unspecified atom stereocenters. The summed E-state index contributed by atoms with van der Waals surface area (Å²) in [6.45, 7) is 3.29. The molecule has 6 nitrogen and oxygen atoms in total. The molecular weight excluding hydrogens is 467 g/mol. The third kappa shape index (κ3) is 5.31. The molecule has 0 spiro atoms. The number of hydrogen-bond donors (Lipinski definition) is 1. The van der Waals surface area contributed by atoms with Crippen LogP contribution < -0.4 is 0 Å². The van der Waals surface area contributed by atoms with Gasteiger partial charge >= 0.3 is 6.18 Å². The number of piperidine rings is 2. The number of nitrogens with one attached hydrogen (secondary N) is 1. The van der Waals surface area contributed by atoms with Crippen LogP contribution in [0.4, 0.5) is 13.2 Å². The first-order valence-electron chi connectivity index (χ1n) is 12.5. The van der Waals surface area contributed by atoms with Gasteiger partial charge in [0.1, 0.15) is 0 Å². The Bertz CT molecular complexity index is 1150. The fourth-order valence-electron chi connectivity index (χ4n) is 5.43. The van der Waals surface area contributed by atoms with Gasteiger partial charge in [0.05, 0.1) is 23.5 Å². The maximum absolute atomic E-state index is 13.7. The molecule has 2 saturated heterocycles. The molecule has 2 fully saturated rings. The number of amides is 1. The molecule has 1 atom stereocenters. The molecule has 3 aromatic rings. The van der Waals surface area contributed by atoms with Crippen LogP contribution in [-0.4, -0.2) is 50.5 Å². The second-order valence-corrected chi connectivity index (χ2v) is 9.72. The SMILES string of the molecule is O=C(C1CCN(Cc2ccncc2)CC1)N1CCCCC1c1[nH]ncc1-c1ccc(C(F)(F)F)cc1. The predicted molar refractivity (Wildman–Crippen MR) is 130 cm³/mol. The first kappa shape index (κ1) is 24.5. The van der Waals surface area contributed by atoms with Crippen molar-refractivity contribution in [1.29, 1.82) is 0 Å². The smallest absolute Gasteiger partial charge is 0.334 e. The number of aromatic amines is 1. The maximum atomic E-state index is 13.7. The van der Waals surface area contributed by atoms with E-state index in [9.17, 15) is 18.0 Å². The van der Waals surface area contributed by atoms with E-state index in [4.69, 9.17) is 0 Å². The zero-order valence-corrected chi connectivity index (χ0v) is 20.0. The molecule has 0 bridgehead atoms. The largest absolute Gasteiger partial charge is 0.416 e. The Kier molecular flexibility index (Phi) is 7.09. The molecule has 0 aliphatic carbocycles. The highest BCUT2D eigenvalue weighted by molar-refractivity contribution is 5.80. The molecule has 36 heavy (non-hydrogen) atoms. The van der Waals surface area contributed by atoms with Gasteiger partial charge in [-0.2, -0.15) is 18.3 Å². The van der Waals surface area contributed by atoms with Crippen molar-refractivity contribution in [3.8, 4) is 11.1 Å². The molecule has 0 radical (unpaired) electrons. The summed E-state index contributed by atoms with van der Waals surface area (Å²) in [6.07, 6.45) is 5.27. The molecule has 1 N–H and O–H groups in total. The van der Waals surface area contributed by atoms with E-state index < -0.39 is 11.7 Å². The van der Waals surface area contributed by atoms with Crippen molar-refractivity contribution < 1.29 is 18.0 Å². The van der Waals surface area contributed by atoms with Crippen LogP contribution in [0, 0.1) is 5.92 Å². The molecule has 5 rings (SSSR count). The van der Waals surface area contributed by atoms with E-state index in [1.54, 1.807) is 18.6 Å². The highest BCUT2D eigenvalue weighted by atomic mass is 19.4. The zero-order valence-electron chi connectivity index (χ0n) is 20.0. The van der Waals surface area contributed by atoms with Crippen LogP contribution in [0.3, 0.4) is 0 Å². The minimum absolute atomic E-state index is 0.0169. The zero-order chi connectivity index (χ0) is 25.1. The van der Waals surface area contributed by atoms with Gasteiger partial charge in [0.15, 0.2) is 0 Å². The molecule has 2 aromatic heterocycles. The van der Waals surface area contributed by atoms with E-state index in [-0.39, 0.29) is 17.9 Å². The summed E-state index contributed by atoms with van der Waals surface area (Å²) in [7, 11) is 0. The normalized spacial score (nSPS) is 20.0. The van der Waals surface area contributed by atoms with Gasteiger partial charge in [-0.3, -0.25) is 19.8 Å². The molecule has 4 heterocycles. The molecule has 2 aliphatic rings. The Balaban J connectivity index is 1.28. The second kappa shape index (κ2) is 10.4. The van der Waals surface area contributed by atoms with Crippen molar-refractivity contribution in [3.63, 3.8) is 0 Å². The lowest BCUT2D eigenvalue weighted by molar-refractivity contribution is -0.141. The monoisotopic (exact) mass is 497 g/mol. The van der Waals surface area contributed by atoms with Crippen LogP contribution in [0.25, 0.3) is 11.1 Å². The van der Waals surface area contributed by atoms with Gasteiger partial charge in [0, 0.05) is 37.0 Å². The molecule has 2 aliphatic heterocycles. The topological polar surface area (TPSA) is 65.1 Å². The number of halogens is 3. The van der Waals surface area contributed by atoms with Gasteiger partial charge in [0.2, 0.25) is 5.91 Å². The number of nitrogens with zero attached hydrogens (tertiary/aromatic N) is 4. The summed E-state index contributed by atoms with van der Waals surface area (Å²) in [6, 6.07) is 9.03. The van der Waals surface area contributed by atoms with Crippen LogP contribution in [0.2, 0.25) is 0 Å². The van der Waals surface area contributed by atoms with Crippen molar-refractivity contribution in [1.82, 2.24) is 25.0 Å². The average Bonchev–Trinajstić information content (AvgIpc) is 3.39. The van der Waals surface area contributed by atoms with Crippen molar-refractivity contribution in [2.24, 2.45) is 5.92 Å². The molecule has 1 aromatic carbocycles. The van der Waals surface area contributed by atoms with Gasteiger partial charge < -0.3 is 4.90 Å². The predicted octanol–water partition coefficient (Wildman–Crippen LogP) is 5.46. The molecule has 1 amide bonds. The van der Waals surface area contributed by atoms with Crippen molar-refractivity contribution in [3.05, 3.63) is 71.8 Å². The fraction of sp³-hybridized carbons (Fsp3) is 0.444. The number of likely N-dealkylation sites (tertiary alicyclic amines) is 2. The van der Waals surface area contributed by atoms with E-state index in [2.05, 4.69) is 20.1 Å². The number of carbonyl (C=O) groups excluding carboxylic acids is 1. The van der Waals surface area contributed by atoms with E-state index in [0.717, 1.165) is 75.1 Å². The van der Waals surface area contributed by atoms with Crippen molar-refractivity contribution in [2.45, 2.75) is 50.9 Å². The Morgan fingerprint density at radius 2 is 1.69 bits per heavy atom. The van der Waals surface area contributed by atoms with Crippen LogP contribution in [0.5, 0.6) is 0 Å². The number of aromatic nitrogens is 3. The van der Waals surface area contributed by atoms with Crippen molar-refractivity contribution >= 4 is 5.91 Å². The molecule has 0 saturated carbocycles. The van der Waals surface area contributed by atoms with Gasteiger partial charge in [-0.25, -0.2) is 0 Å². The van der Waals surface area contributed by atoms with E-state index in [1.807, 2.05) is 17.0 Å². The average molecular weight is 498 g/mol. The second-order valence-electron chi connectivity index (χ2n) is 9.72. The van der Waals surface area contributed by atoms with Gasteiger partial charge in [0.25, 0.3) is 0 Å². The highest BCUT2D eigenvalue weighted by Crippen LogP contribution is 2.38. The number of pyridine rings is 1. The lowest BCUT2D eigenvalue weighted by Gasteiger charge is -2.40. The maximum Gasteiger partial charge on any atom is 0.416 e. The minimum atomic E-state index is -4.38. The molecule has 9 heteroatoms. The van der Waals surface area contributed by atoms with Crippen LogP contribution in [-0.2, 0) is 17.5 Å². The first-order valence-corrected chi connectivity index (χ1v) is 12.5. The van der Waals surface area contributed by atoms with Gasteiger partial charge in [-0.15, -0.1) is 0 Å². The number of carbonyl (C=O) groups is 1. The summed E-state index contributed by atoms with van der Waals surface area (Å²) >= 11 is 0. The summed E-state index contributed by atoms with van der Waals surface area (Å²) in [5.41, 5.74) is 2.76. The lowest BCUT2D eigenvalue weighted by atomic mass is 9.90. The van der Waals surface area contributed by atoms with Crippen LogP contribution in [0.15, 0.2) is 55.0 Å². The van der Waals surface area contributed by atoms with Gasteiger partial charge in [-0.05, 0) is 80.6 Å². The van der Waals surface area contributed by atoms with E-state index in [1.165, 1.54) is 17.7 Å². The number of alkyl halides is 3. The summed E-state index contributed by atoms with van der Waals surface area (Å²) < 4.78 is 39.0. The third-order valence-corrected chi connectivity index (χ3v) is 7.40. The number of H-pyrrole nitrogens is 1. The van der Waals surface area contributed by atoms with Gasteiger partial charge in [-0.1, -0.05) is 12.1 Å². The van der Waals surface area contributed by atoms with E-state index in [0.29, 0.717) is 12.1 Å². The number of rotatable bonds is 5. The third-order valence-electron chi connectivity index (χ3n) is 7.40. The van der Waals surface area contributed by atoms with Crippen LogP contribution >= 0.6 is 0 Å². The quantitative estimate of drug-likeness (QED) is 0.509. The van der Waals surface area contributed by atoms with Crippen LogP contribution in [0.1, 0.15) is 55.0 Å². The summed E-state index contributed by atoms with van der Waals surface area (Å²) in [4.78, 5) is 22.1.